The molecular formula is C27H28ClF2N7O. The summed E-state index contributed by atoms with van der Waals surface area (Å²) in [4.78, 5) is 17.8. The Bertz CT molecular complexity index is 1510. The predicted molar refractivity (Wildman–Crippen MR) is 145 cm³/mol. The number of halogens is 3. The van der Waals surface area contributed by atoms with Crippen LogP contribution in [0.25, 0.3) is 10.9 Å². The van der Waals surface area contributed by atoms with Crippen molar-refractivity contribution in [3.05, 3.63) is 88.3 Å². The fraction of sp³-hybridized carbons (Fsp3) is 0.259. The van der Waals surface area contributed by atoms with Crippen molar-refractivity contribution in [3.8, 4) is 0 Å². The summed E-state index contributed by atoms with van der Waals surface area (Å²) in [5.41, 5.74) is 9.35. The van der Waals surface area contributed by atoms with Crippen molar-refractivity contribution in [2.45, 2.75) is 39.3 Å². The summed E-state index contributed by atoms with van der Waals surface area (Å²) in [5, 5.41) is 12.5. The summed E-state index contributed by atoms with van der Waals surface area (Å²) < 4.78 is 31.2. The molecule has 38 heavy (non-hydrogen) atoms. The second-order valence-electron chi connectivity index (χ2n) is 8.95. The molecule has 0 radical (unpaired) electrons. The lowest BCUT2D eigenvalue weighted by molar-refractivity contribution is -0.122. The third-order valence-corrected chi connectivity index (χ3v) is 6.44. The fourth-order valence-corrected chi connectivity index (χ4v) is 4.60. The van der Waals surface area contributed by atoms with E-state index >= 15 is 0 Å². The van der Waals surface area contributed by atoms with E-state index in [0.717, 1.165) is 17.1 Å². The summed E-state index contributed by atoms with van der Waals surface area (Å²) in [6.07, 6.45) is 5.49. The molecule has 2 aromatic heterocycles. The van der Waals surface area contributed by atoms with Crippen LogP contribution in [-0.2, 0) is 31.2 Å². The van der Waals surface area contributed by atoms with Gasteiger partial charge in [-0.1, -0.05) is 23.7 Å². The first-order valence-corrected chi connectivity index (χ1v) is 12.3. The molecule has 0 aliphatic heterocycles. The number of aromatic nitrogens is 4. The predicted octanol–water partition coefficient (Wildman–Crippen LogP) is 4.62. The maximum atomic E-state index is 14.1. The lowest BCUT2D eigenvalue weighted by Crippen LogP contribution is -2.44. The van der Waals surface area contributed by atoms with Crippen molar-refractivity contribution < 1.29 is 13.6 Å². The summed E-state index contributed by atoms with van der Waals surface area (Å²) in [6, 6.07) is 7.93. The number of allylic oxidation sites excluding steroid dienone is 2. The molecule has 0 fully saturated rings. The number of benzene rings is 2. The van der Waals surface area contributed by atoms with Crippen molar-refractivity contribution in [1.29, 1.82) is 0 Å². The number of carbonyl (C=O) groups is 1. The van der Waals surface area contributed by atoms with E-state index < -0.39 is 17.7 Å². The van der Waals surface area contributed by atoms with Crippen LogP contribution >= 0.6 is 11.6 Å². The second-order valence-corrected chi connectivity index (χ2v) is 9.36. The van der Waals surface area contributed by atoms with Gasteiger partial charge >= 0.3 is 0 Å². The first-order valence-electron chi connectivity index (χ1n) is 12.0. The zero-order valence-corrected chi connectivity index (χ0v) is 22.0. The first-order chi connectivity index (χ1) is 18.1. The molecule has 2 heterocycles. The number of hydrogen-bond donors (Lipinski definition) is 2. The Morgan fingerprint density at radius 1 is 1.26 bits per heavy atom. The average Bonchev–Trinajstić information content (AvgIpc) is 3.46. The minimum atomic E-state index is -0.700. The molecule has 8 nitrogen and oxygen atoms in total. The van der Waals surface area contributed by atoms with Crippen LogP contribution in [0.15, 0.2) is 65.6 Å². The molecule has 1 atom stereocenters. The Morgan fingerprint density at radius 2 is 2.00 bits per heavy atom. The molecule has 0 aliphatic rings. The molecule has 0 aliphatic carbocycles. The van der Waals surface area contributed by atoms with E-state index in [1.54, 1.807) is 36.3 Å². The summed E-state index contributed by atoms with van der Waals surface area (Å²) in [6.45, 7) is 3.66. The monoisotopic (exact) mass is 539 g/mol. The highest BCUT2D eigenvalue weighted by atomic mass is 35.5. The zero-order valence-electron chi connectivity index (χ0n) is 21.3. The van der Waals surface area contributed by atoms with Gasteiger partial charge in [-0.15, -0.1) is 0 Å². The van der Waals surface area contributed by atoms with Crippen LogP contribution < -0.4 is 11.1 Å². The third-order valence-electron chi connectivity index (χ3n) is 6.12. The van der Waals surface area contributed by atoms with Crippen LogP contribution in [-0.4, -0.2) is 37.2 Å². The standard InChI is InChI=1S/C27H28ClF2N7O/c1-4-16(2)33-23(13-18-6-7-21(28)25-26(18)36(3)35-27(25)31)22(12-17-10-19(29)14-20(30)11-17)34-24(38)15-37-9-5-8-32-37/h4-11,14,22H,12-13,15H2,1-3H3,(H2,31,35)(H,34,38)/b16-4-,33-23?/t22-/m0/s1. The number of aliphatic imine (C=N–C) groups is 1. The Hall–Kier alpha value is -4.05. The molecule has 1 amide bonds. The van der Waals surface area contributed by atoms with Crippen molar-refractivity contribution in [2.24, 2.45) is 12.0 Å². The Kier molecular flexibility index (Phi) is 8.21. The van der Waals surface area contributed by atoms with E-state index in [1.165, 1.54) is 16.8 Å². The number of hydrogen-bond acceptors (Lipinski definition) is 5. The lowest BCUT2D eigenvalue weighted by Gasteiger charge is -2.22. The van der Waals surface area contributed by atoms with E-state index in [4.69, 9.17) is 22.3 Å². The lowest BCUT2D eigenvalue weighted by atomic mass is 9.95. The van der Waals surface area contributed by atoms with Crippen LogP contribution in [0.2, 0.25) is 5.02 Å². The molecule has 2 aromatic carbocycles. The van der Waals surface area contributed by atoms with E-state index in [9.17, 15) is 13.6 Å². The molecule has 4 rings (SSSR count). The molecule has 4 aromatic rings. The summed E-state index contributed by atoms with van der Waals surface area (Å²) in [7, 11) is 1.77. The topological polar surface area (TPSA) is 103 Å². The molecule has 0 unspecified atom stereocenters. The zero-order chi connectivity index (χ0) is 27.4. The van der Waals surface area contributed by atoms with Gasteiger partial charge in [0.1, 0.15) is 18.2 Å². The van der Waals surface area contributed by atoms with Gasteiger partial charge in [0.25, 0.3) is 0 Å². The van der Waals surface area contributed by atoms with Crippen LogP contribution in [0, 0.1) is 11.6 Å². The summed E-state index contributed by atoms with van der Waals surface area (Å²) >= 11 is 6.42. The number of nitrogens with one attached hydrogen (secondary N) is 1. The van der Waals surface area contributed by atoms with Gasteiger partial charge in [0.05, 0.1) is 22.0 Å². The Balaban J connectivity index is 1.77. The molecule has 3 N–H and O–H groups in total. The third kappa shape index (κ3) is 6.25. The number of rotatable bonds is 9. The second kappa shape index (κ2) is 11.6. The Morgan fingerprint density at radius 3 is 2.66 bits per heavy atom. The number of nitrogen functional groups attached to an aromatic ring is 1. The molecular weight excluding hydrogens is 512 g/mol. The quantitative estimate of drug-likeness (QED) is 0.303. The first kappa shape index (κ1) is 27.0. The summed E-state index contributed by atoms with van der Waals surface area (Å²) in [5.74, 6) is -1.42. The van der Waals surface area contributed by atoms with Gasteiger partial charge in [-0.25, -0.2) is 8.78 Å². The van der Waals surface area contributed by atoms with Gasteiger partial charge in [0, 0.05) is 43.3 Å². The molecule has 11 heteroatoms. The highest BCUT2D eigenvalue weighted by Gasteiger charge is 2.23. The molecule has 0 saturated carbocycles. The van der Waals surface area contributed by atoms with Crippen molar-refractivity contribution >= 4 is 39.9 Å². The largest absolute Gasteiger partial charge is 0.382 e. The Labute approximate surface area is 223 Å². The van der Waals surface area contributed by atoms with Crippen molar-refractivity contribution in [1.82, 2.24) is 24.9 Å². The number of nitrogens with zero attached hydrogens (tertiary/aromatic N) is 5. The molecule has 0 saturated heterocycles. The van der Waals surface area contributed by atoms with E-state index in [0.29, 0.717) is 39.6 Å². The van der Waals surface area contributed by atoms with Crippen LogP contribution in [0.5, 0.6) is 0 Å². The number of amides is 1. The number of aryl methyl sites for hydroxylation is 1. The van der Waals surface area contributed by atoms with E-state index in [1.807, 2.05) is 26.0 Å². The van der Waals surface area contributed by atoms with Gasteiger partial charge in [0.2, 0.25) is 5.91 Å². The van der Waals surface area contributed by atoms with Crippen LogP contribution in [0.4, 0.5) is 14.6 Å². The van der Waals surface area contributed by atoms with Gasteiger partial charge in [0.15, 0.2) is 5.82 Å². The molecule has 0 spiro atoms. The smallest absolute Gasteiger partial charge is 0.242 e. The SMILES string of the molecule is C/C=C(/C)N=C(Cc1ccc(Cl)c2c(N)nn(C)c12)[C@H](Cc1cc(F)cc(F)c1)NC(=O)Cn1cccn1. The number of nitrogens with two attached hydrogens (primary N) is 1. The minimum Gasteiger partial charge on any atom is -0.382 e. The number of carbonyl (C=O) groups excluding carboxylic acids is 1. The molecule has 0 bridgehead atoms. The maximum absolute atomic E-state index is 14.1. The van der Waals surface area contributed by atoms with Gasteiger partial charge < -0.3 is 11.1 Å². The highest BCUT2D eigenvalue weighted by molar-refractivity contribution is 6.36. The van der Waals surface area contributed by atoms with Crippen molar-refractivity contribution in [3.63, 3.8) is 0 Å². The number of fused-ring (bicyclic) bond motifs is 1. The fourth-order valence-electron chi connectivity index (χ4n) is 4.35. The highest BCUT2D eigenvalue weighted by Crippen LogP contribution is 2.31. The van der Waals surface area contributed by atoms with E-state index in [2.05, 4.69) is 15.5 Å². The minimum absolute atomic E-state index is 0.0274. The van der Waals surface area contributed by atoms with Gasteiger partial charge in [-0.05, 0) is 55.7 Å². The van der Waals surface area contributed by atoms with Gasteiger partial charge in [-0.2, -0.15) is 10.2 Å². The van der Waals surface area contributed by atoms with Crippen LogP contribution in [0.3, 0.4) is 0 Å². The van der Waals surface area contributed by atoms with E-state index in [-0.39, 0.29) is 18.9 Å². The number of anilines is 1. The van der Waals surface area contributed by atoms with Gasteiger partial charge in [-0.3, -0.25) is 19.2 Å². The van der Waals surface area contributed by atoms with Crippen molar-refractivity contribution in [2.75, 3.05) is 5.73 Å². The van der Waals surface area contributed by atoms with Crippen LogP contribution in [0.1, 0.15) is 25.0 Å². The normalized spacial score (nSPS) is 13.2. The molecule has 198 valence electrons. The average molecular weight is 540 g/mol. The maximum Gasteiger partial charge on any atom is 0.242 e.